The van der Waals surface area contributed by atoms with Crippen molar-refractivity contribution in [3.8, 4) is 0 Å². The van der Waals surface area contributed by atoms with Crippen molar-refractivity contribution in [2.75, 3.05) is 39.3 Å². The predicted molar refractivity (Wildman–Crippen MR) is 121 cm³/mol. The Bertz CT molecular complexity index is 810. The average Bonchev–Trinajstić information content (AvgIpc) is 3.30. The maximum absolute atomic E-state index is 10.4. The molecule has 0 radical (unpaired) electrons. The molecule has 1 aliphatic heterocycles. The van der Waals surface area contributed by atoms with Crippen molar-refractivity contribution in [3.63, 3.8) is 0 Å². The lowest BCUT2D eigenvalue weighted by Crippen LogP contribution is -3.28. The van der Waals surface area contributed by atoms with Gasteiger partial charge in [0.2, 0.25) is 0 Å². The largest absolute Gasteiger partial charge is 0.385 e. The van der Waals surface area contributed by atoms with Gasteiger partial charge in [0, 0.05) is 16.0 Å². The second-order valence-electron chi connectivity index (χ2n) is 8.12. The highest BCUT2D eigenvalue weighted by Gasteiger charge is 2.32. The molecule has 0 bridgehead atoms. The van der Waals surface area contributed by atoms with Crippen molar-refractivity contribution in [3.05, 3.63) is 94.2 Å². The average molecular weight is 425 g/mol. The lowest BCUT2D eigenvalue weighted by molar-refractivity contribution is -1.02. The molecular formula is C25H32N2O2S+2. The molecular weight excluding hydrogens is 392 g/mol. The minimum absolute atomic E-state index is 0.369. The highest BCUT2D eigenvalue weighted by atomic mass is 32.1. The van der Waals surface area contributed by atoms with Crippen LogP contribution in [-0.2, 0) is 11.3 Å². The van der Waals surface area contributed by atoms with Gasteiger partial charge in [0.1, 0.15) is 44.9 Å². The zero-order valence-corrected chi connectivity index (χ0v) is 18.2. The first kappa shape index (κ1) is 21.2. The third-order valence-corrected chi connectivity index (χ3v) is 6.78. The molecule has 3 N–H and O–H groups in total. The van der Waals surface area contributed by atoms with Crippen LogP contribution in [0.4, 0.5) is 0 Å². The van der Waals surface area contributed by atoms with E-state index in [1.807, 2.05) is 6.07 Å². The van der Waals surface area contributed by atoms with Gasteiger partial charge in [0.05, 0.1) is 13.2 Å². The van der Waals surface area contributed by atoms with E-state index in [9.17, 15) is 5.11 Å². The molecule has 0 saturated carbocycles. The first-order valence-electron chi connectivity index (χ1n) is 10.9. The van der Waals surface area contributed by atoms with Gasteiger partial charge < -0.3 is 19.6 Å². The SMILES string of the molecule is O[C@@H](COCc1cccs1)C[NH+]1CC[NH+](C(c2ccccc2)c2ccccc2)CC1. The van der Waals surface area contributed by atoms with E-state index in [1.54, 1.807) is 16.2 Å². The molecule has 1 saturated heterocycles. The Hall–Kier alpha value is -2.02. The van der Waals surface area contributed by atoms with E-state index in [2.05, 4.69) is 72.1 Å². The Balaban J connectivity index is 1.30. The van der Waals surface area contributed by atoms with Gasteiger partial charge in [0.15, 0.2) is 0 Å². The van der Waals surface area contributed by atoms with Crippen molar-refractivity contribution in [1.29, 1.82) is 0 Å². The molecule has 4 rings (SSSR count). The van der Waals surface area contributed by atoms with Gasteiger partial charge in [-0.05, 0) is 11.4 Å². The number of thiophene rings is 1. The van der Waals surface area contributed by atoms with Gasteiger partial charge in [-0.2, -0.15) is 0 Å². The molecule has 1 aliphatic rings. The van der Waals surface area contributed by atoms with Crippen molar-refractivity contribution in [1.82, 2.24) is 0 Å². The Morgan fingerprint density at radius 1 is 0.833 bits per heavy atom. The summed E-state index contributed by atoms with van der Waals surface area (Å²) in [5.74, 6) is 0. The fourth-order valence-corrected chi connectivity index (χ4v) is 5.10. The van der Waals surface area contributed by atoms with E-state index in [0.717, 1.165) is 32.7 Å². The molecule has 0 aliphatic carbocycles. The number of piperazine rings is 1. The quantitative estimate of drug-likeness (QED) is 0.483. The molecule has 30 heavy (non-hydrogen) atoms. The Morgan fingerprint density at radius 3 is 2.03 bits per heavy atom. The van der Waals surface area contributed by atoms with Gasteiger partial charge in [-0.1, -0.05) is 66.7 Å². The van der Waals surface area contributed by atoms with Crippen LogP contribution >= 0.6 is 11.3 Å². The number of aliphatic hydroxyl groups is 1. The Morgan fingerprint density at radius 2 is 1.47 bits per heavy atom. The first-order chi connectivity index (χ1) is 14.8. The number of aliphatic hydroxyl groups excluding tert-OH is 1. The van der Waals surface area contributed by atoms with Gasteiger partial charge in [0.25, 0.3) is 0 Å². The summed E-state index contributed by atoms with van der Waals surface area (Å²) in [6.07, 6.45) is -0.402. The molecule has 2 aromatic carbocycles. The standard InChI is InChI=1S/C25H30N2O2S/c28-23(19-29-20-24-12-7-17-30-24)18-26-13-15-27(16-14-26)25(21-8-3-1-4-9-21)22-10-5-2-6-11-22/h1-12,17,23,25,28H,13-16,18-20H2/p+2/t23-/m1/s1. The summed E-state index contributed by atoms with van der Waals surface area (Å²) in [7, 11) is 0. The zero-order valence-electron chi connectivity index (χ0n) is 17.4. The minimum Gasteiger partial charge on any atom is -0.385 e. The molecule has 1 aromatic heterocycles. The molecule has 0 amide bonds. The molecule has 4 nitrogen and oxygen atoms in total. The summed E-state index contributed by atoms with van der Waals surface area (Å²) in [6, 6.07) is 26.2. The third kappa shape index (κ3) is 5.78. The van der Waals surface area contributed by atoms with E-state index < -0.39 is 6.10 Å². The number of quaternary nitrogens is 2. The van der Waals surface area contributed by atoms with Crippen LogP contribution in [-0.4, -0.2) is 50.5 Å². The Labute approximate surface area is 183 Å². The maximum atomic E-state index is 10.4. The van der Waals surface area contributed by atoms with Crippen LogP contribution in [0.15, 0.2) is 78.2 Å². The summed E-state index contributed by atoms with van der Waals surface area (Å²) in [5, 5.41) is 12.5. The van der Waals surface area contributed by atoms with Gasteiger partial charge in [-0.15, -0.1) is 11.3 Å². The lowest BCUT2D eigenvalue weighted by Gasteiger charge is -2.35. The summed E-state index contributed by atoms with van der Waals surface area (Å²) in [6.45, 7) is 6.13. The summed E-state index contributed by atoms with van der Waals surface area (Å²) < 4.78 is 5.70. The Kier molecular flexibility index (Phi) is 7.67. The second kappa shape index (κ2) is 10.8. The van der Waals surface area contributed by atoms with E-state index in [1.165, 1.54) is 20.9 Å². The molecule has 1 atom stereocenters. The zero-order chi connectivity index (χ0) is 20.6. The van der Waals surface area contributed by atoms with Crippen molar-refractivity contribution >= 4 is 11.3 Å². The van der Waals surface area contributed by atoms with E-state index in [0.29, 0.717) is 19.3 Å². The summed E-state index contributed by atoms with van der Waals surface area (Å²) in [4.78, 5) is 4.30. The highest BCUT2D eigenvalue weighted by molar-refractivity contribution is 7.09. The van der Waals surface area contributed by atoms with Gasteiger partial charge in [-0.25, -0.2) is 0 Å². The third-order valence-electron chi connectivity index (χ3n) is 5.93. The maximum Gasteiger partial charge on any atom is 0.139 e. The molecule has 0 unspecified atom stereocenters. The van der Waals surface area contributed by atoms with Crippen molar-refractivity contribution < 1.29 is 19.6 Å². The second-order valence-corrected chi connectivity index (χ2v) is 9.15. The molecule has 0 spiro atoms. The summed E-state index contributed by atoms with van der Waals surface area (Å²) in [5.41, 5.74) is 2.76. The number of rotatable bonds is 9. The van der Waals surface area contributed by atoms with Crippen LogP contribution in [0.2, 0.25) is 0 Å². The van der Waals surface area contributed by atoms with Crippen LogP contribution in [0.25, 0.3) is 0 Å². The van der Waals surface area contributed by atoms with Gasteiger partial charge >= 0.3 is 0 Å². The number of nitrogens with one attached hydrogen (secondary N) is 2. The van der Waals surface area contributed by atoms with Crippen LogP contribution in [0.5, 0.6) is 0 Å². The number of hydrogen-bond donors (Lipinski definition) is 3. The molecule has 3 aromatic rings. The van der Waals surface area contributed by atoms with Crippen LogP contribution in [0.1, 0.15) is 22.0 Å². The number of ether oxygens (including phenoxy) is 1. The highest BCUT2D eigenvalue weighted by Crippen LogP contribution is 2.18. The predicted octanol–water partition coefficient (Wildman–Crippen LogP) is 1.20. The topological polar surface area (TPSA) is 38.3 Å². The minimum atomic E-state index is -0.402. The van der Waals surface area contributed by atoms with Crippen LogP contribution < -0.4 is 9.80 Å². The summed E-state index contributed by atoms with van der Waals surface area (Å²) >= 11 is 1.69. The van der Waals surface area contributed by atoms with Gasteiger partial charge in [-0.3, -0.25) is 0 Å². The number of benzene rings is 2. The smallest absolute Gasteiger partial charge is 0.139 e. The fraction of sp³-hybridized carbons (Fsp3) is 0.360. The van der Waals surface area contributed by atoms with Crippen LogP contribution in [0, 0.1) is 0 Å². The normalized spacial score (nSPS) is 20.3. The first-order valence-corrected chi connectivity index (χ1v) is 11.7. The van der Waals surface area contributed by atoms with E-state index in [-0.39, 0.29) is 0 Å². The fourth-order valence-electron chi connectivity index (χ4n) is 4.45. The molecule has 2 heterocycles. The van der Waals surface area contributed by atoms with E-state index >= 15 is 0 Å². The number of hydrogen-bond acceptors (Lipinski definition) is 3. The lowest BCUT2D eigenvalue weighted by atomic mass is 9.96. The van der Waals surface area contributed by atoms with Crippen molar-refractivity contribution in [2.24, 2.45) is 0 Å². The molecule has 1 fully saturated rings. The van der Waals surface area contributed by atoms with Crippen molar-refractivity contribution in [2.45, 2.75) is 18.8 Å². The monoisotopic (exact) mass is 424 g/mol. The molecule has 158 valence electrons. The molecule has 5 heteroatoms. The van der Waals surface area contributed by atoms with Crippen LogP contribution in [0.3, 0.4) is 0 Å². The van der Waals surface area contributed by atoms with E-state index in [4.69, 9.17) is 4.74 Å².